The molecule has 1 nitrogen and oxygen atoms in total. The molecule has 4 heteroatoms. The van der Waals surface area contributed by atoms with Crippen LogP contribution in [0.3, 0.4) is 0 Å². The molecule has 2 aliphatic carbocycles. The molecule has 0 aliphatic heterocycles. The molecule has 2 aliphatic rings. The van der Waals surface area contributed by atoms with Crippen LogP contribution >= 0.6 is 0 Å². The average Bonchev–Trinajstić information content (AvgIpc) is 2.39. The summed E-state index contributed by atoms with van der Waals surface area (Å²) in [7, 11) is 0. The van der Waals surface area contributed by atoms with Crippen LogP contribution in [0.25, 0.3) is 0 Å². The van der Waals surface area contributed by atoms with Crippen molar-refractivity contribution in [2.45, 2.75) is 51.1 Å². The summed E-state index contributed by atoms with van der Waals surface area (Å²) >= 11 is 0. The van der Waals surface area contributed by atoms with E-state index in [1.807, 2.05) is 0 Å². The van der Waals surface area contributed by atoms with E-state index in [0.717, 1.165) is 13.0 Å². The molecule has 0 radical (unpaired) electrons. The minimum Gasteiger partial charge on any atom is -0.313 e. The Hall–Kier alpha value is -0.770. The lowest BCUT2D eigenvalue weighted by Gasteiger charge is -2.23. The zero-order valence-electron chi connectivity index (χ0n) is 11.2. The Bertz CT molecular complexity index is 349. The van der Waals surface area contributed by atoms with Crippen molar-refractivity contribution >= 4 is 0 Å². The summed E-state index contributed by atoms with van der Waals surface area (Å²) < 4.78 is 38.5. The van der Waals surface area contributed by atoms with Crippen LogP contribution in [0.5, 0.6) is 0 Å². The van der Waals surface area contributed by atoms with E-state index in [0.29, 0.717) is 24.5 Å². The first-order chi connectivity index (χ1) is 9.07. The molecule has 0 bridgehead atoms. The second kappa shape index (κ2) is 6.60. The average molecular weight is 273 g/mol. The van der Waals surface area contributed by atoms with Crippen molar-refractivity contribution < 1.29 is 13.2 Å². The summed E-state index contributed by atoms with van der Waals surface area (Å²) in [5.41, 5.74) is 0.0840. The molecule has 0 amide bonds. The lowest BCUT2D eigenvalue weighted by Crippen LogP contribution is -2.28. The first kappa shape index (κ1) is 14.6. The molecular formula is C15H22F3N. The van der Waals surface area contributed by atoms with Crippen molar-refractivity contribution in [2.24, 2.45) is 5.92 Å². The zero-order chi connectivity index (χ0) is 13.7. The van der Waals surface area contributed by atoms with E-state index in [4.69, 9.17) is 0 Å². The Morgan fingerprint density at radius 3 is 2.58 bits per heavy atom. The van der Waals surface area contributed by atoms with E-state index in [1.54, 1.807) is 6.08 Å². The van der Waals surface area contributed by atoms with Crippen LogP contribution < -0.4 is 5.32 Å². The molecule has 2 rings (SSSR count). The van der Waals surface area contributed by atoms with E-state index in [9.17, 15) is 13.2 Å². The molecule has 1 fully saturated rings. The molecule has 0 unspecified atom stereocenters. The van der Waals surface area contributed by atoms with E-state index < -0.39 is 11.7 Å². The van der Waals surface area contributed by atoms with Gasteiger partial charge in [0.1, 0.15) is 0 Å². The van der Waals surface area contributed by atoms with Gasteiger partial charge in [0.25, 0.3) is 0 Å². The molecule has 1 saturated carbocycles. The SMILES string of the molecule is FC(F)(F)C1=C(CNCC2CCCCC2)CCC=C1. The van der Waals surface area contributed by atoms with Crippen molar-refractivity contribution in [3.63, 3.8) is 0 Å². The molecule has 0 atom stereocenters. The number of halogens is 3. The maximum Gasteiger partial charge on any atom is 0.416 e. The van der Waals surface area contributed by atoms with Gasteiger partial charge in [-0.1, -0.05) is 31.4 Å². The third-order valence-electron chi connectivity index (χ3n) is 4.08. The Balaban J connectivity index is 1.85. The molecule has 19 heavy (non-hydrogen) atoms. The predicted molar refractivity (Wildman–Crippen MR) is 70.9 cm³/mol. The Morgan fingerprint density at radius 1 is 1.16 bits per heavy atom. The zero-order valence-corrected chi connectivity index (χ0v) is 11.2. The van der Waals surface area contributed by atoms with E-state index in [2.05, 4.69) is 5.32 Å². The predicted octanol–water partition coefficient (Wildman–Crippen LogP) is 4.37. The van der Waals surface area contributed by atoms with Crippen LogP contribution in [0.2, 0.25) is 0 Å². The number of nitrogens with one attached hydrogen (secondary N) is 1. The second-order valence-electron chi connectivity index (χ2n) is 5.59. The summed E-state index contributed by atoms with van der Waals surface area (Å²) in [5, 5.41) is 3.24. The van der Waals surface area contributed by atoms with Crippen molar-refractivity contribution in [2.75, 3.05) is 13.1 Å². The quantitative estimate of drug-likeness (QED) is 0.802. The van der Waals surface area contributed by atoms with E-state index in [-0.39, 0.29) is 0 Å². The monoisotopic (exact) mass is 273 g/mol. The van der Waals surface area contributed by atoms with Gasteiger partial charge in [-0.25, -0.2) is 0 Å². The smallest absolute Gasteiger partial charge is 0.313 e. The molecule has 1 N–H and O–H groups in total. The van der Waals surface area contributed by atoms with Gasteiger partial charge in [0.15, 0.2) is 0 Å². The van der Waals surface area contributed by atoms with Crippen molar-refractivity contribution in [3.8, 4) is 0 Å². The fraction of sp³-hybridized carbons (Fsp3) is 0.733. The van der Waals surface area contributed by atoms with Crippen LogP contribution in [0.15, 0.2) is 23.3 Å². The van der Waals surface area contributed by atoms with Gasteiger partial charge in [-0.05, 0) is 43.7 Å². The fourth-order valence-electron chi connectivity index (χ4n) is 3.01. The first-order valence-electron chi connectivity index (χ1n) is 7.24. The molecule has 0 aromatic rings. The van der Waals surface area contributed by atoms with Gasteiger partial charge in [0, 0.05) is 6.54 Å². The van der Waals surface area contributed by atoms with Crippen LogP contribution in [0.4, 0.5) is 13.2 Å². The lowest BCUT2D eigenvalue weighted by molar-refractivity contribution is -0.0894. The van der Waals surface area contributed by atoms with E-state index in [1.165, 1.54) is 38.2 Å². The highest BCUT2D eigenvalue weighted by molar-refractivity contribution is 5.34. The number of rotatable bonds is 4. The van der Waals surface area contributed by atoms with Gasteiger partial charge in [-0.2, -0.15) is 13.2 Å². The Kier molecular flexibility index (Phi) is 5.08. The van der Waals surface area contributed by atoms with Gasteiger partial charge in [0.05, 0.1) is 5.57 Å². The molecule has 0 heterocycles. The largest absolute Gasteiger partial charge is 0.416 e. The Morgan fingerprint density at radius 2 is 1.89 bits per heavy atom. The van der Waals surface area contributed by atoms with Gasteiger partial charge in [-0.3, -0.25) is 0 Å². The molecule has 0 spiro atoms. The van der Waals surface area contributed by atoms with Crippen LogP contribution in [-0.2, 0) is 0 Å². The lowest BCUT2D eigenvalue weighted by atomic mass is 9.89. The summed E-state index contributed by atoms with van der Waals surface area (Å²) in [4.78, 5) is 0. The third-order valence-corrected chi connectivity index (χ3v) is 4.08. The van der Waals surface area contributed by atoms with Gasteiger partial charge < -0.3 is 5.32 Å². The van der Waals surface area contributed by atoms with Gasteiger partial charge in [-0.15, -0.1) is 0 Å². The number of allylic oxidation sites excluding steroid dienone is 3. The number of hydrogen-bond acceptors (Lipinski definition) is 1. The van der Waals surface area contributed by atoms with Crippen LogP contribution in [0.1, 0.15) is 44.9 Å². The highest BCUT2D eigenvalue weighted by atomic mass is 19.4. The van der Waals surface area contributed by atoms with Crippen molar-refractivity contribution in [1.82, 2.24) is 5.32 Å². The van der Waals surface area contributed by atoms with Gasteiger partial charge >= 0.3 is 6.18 Å². The summed E-state index contributed by atoms with van der Waals surface area (Å²) in [6, 6.07) is 0. The molecule has 0 aromatic carbocycles. The minimum atomic E-state index is -4.21. The molecular weight excluding hydrogens is 251 g/mol. The second-order valence-corrected chi connectivity index (χ2v) is 5.59. The normalized spacial score (nSPS) is 22.1. The first-order valence-corrected chi connectivity index (χ1v) is 7.24. The Labute approximate surface area is 113 Å². The minimum absolute atomic E-state index is 0.385. The van der Waals surface area contributed by atoms with Crippen LogP contribution in [0, 0.1) is 5.92 Å². The maximum absolute atomic E-state index is 12.8. The summed E-state index contributed by atoms with van der Waals surface area (Å²) in [6.07, 6.45) is 6.19. The van der Waals surface area contributed by atoms with Crippen LogP contribution in [-0.4, -0.2) is 19.3 Å². The third kappa shape index (κ3) is 4.37. The molecule has 0 saturated heterocycles. The summed E-state index contributed by atoms with van der Waals surface area (Å²) in [6.45, 7) is 1.24. The maximum atomic E-state index is 12.8. The van der Waals surface area contributed by atoms with Gasteiger partial charge in [0.2, 0.25) is 0 Å². The van der Waals surface area contributed by atoms with Crippen molar-refractivity contribution in [3.05, 3.63) is 23.3 Å². The van der Waals surface area contributed by atoms with Crippen molar-refractivity contribution in [1.29, 1.82) is 0 Å². The molecule has 0 aromatic heterocycles. The molecule has 108 valence electrons. The summed E-state index contributed by atoms with van der Waals surface area (Å²) in [5.74, 6) is 0.655. The fourth-order valence-corrected chi connectivity index (χ4v) is 3.01. The number of hydrogen-bond donors (Lipinski definition) is 1. The number of alkyl halides is 3. The highest BCUT2D eigenvalue weighted by Gasteiger charge is 2.34. The van der Waals surface area contributed by atoms with E-state index >= 15 is 0 Å². The highest BCUT2D eigenvalue weighted by Crippen LogP contribution is 2.33. The standard InChI is InChI=1S/C15H22F3N/c16-15(17,18)14-9-5-4-8-13(14)11-19-10-12-6-2-1-3-7-12/h5,9,12,19H,1-4,6-8,10-11H2. The topological polar surface area (TPSA) is 12.0 Å².